The van der Waals surface area contributed by atoms with Gasteiger partial charge in [-0.15, -0.1) is 0 Å². The number of benzene rings is 1. The highest BCUT2D eigenvalue weighted by molar-refractivity contribution is 5.26. The maximum absolute atomic E-state index is 5.39. The van der Waals surface area contributed by atoms with Crippen LogP contribution in [0, 0.1) is 6.92 Å². The van der Waals surface area contributed by atoms with Crippen molar-refractivity contribution in [3.8, 4) is 0 Å². The zero-order valence-corrected chi connectivity index (χ0v) is 10.6. The lowest BCUT2D eigenvalue weighted by Crippen LogP contribution is -2.29. The van der Waals surface area contributed by atoms with Gasteiger partial charge in [-0.25, -0.2) is 0 Å². The molecule has 1 aromatic rings. The van der Waals surface area contributed by atoms with Gasteiger partial charge in [0.25, 0.3) is 0 Å². The number of hydrogen-bond donors (Lipinski definition) is 1. The van der Waals surface area contributed by atoms with Crippen molar-refractivity contribution in [3.63, 3.8) is 0 Å². The number of rotatable bonds is 7. The smallest absolute Gasteiger partial charge is 0.0480 e. The maximum Gasteiger partial charge on any atom is 0.0480 e. The van der Waals surface area contributed by atoms with Gasteiger partial charge in [0.15, 0.2) is 0 Å². The third kappa shape index (κ3) is 4.33. The van der Waals surface area contributed by atoms with Crippen LogP contribution in [0.1, 0.15) is 24.5 Å². The SMILES string of the molecule is CCOCCC(Cc1ccccc1C)NC. The van der Waals surface area contributed by atoms with Gasteiger partial charge in [-0.2, -0.15) is 0 Å². The van der Waals surface area contributed by atoms with Crippen LogP contribution in [0.2, 0.25) is 0 Å². The van der Waals surface area contributed by atoms with Gasteiger partial charge in [0.1, 0.15) is 0 Å². The van der Waals surface area contributed by atoms with Gasteiger partial charge >= 0.3 is 0 Å². The third-order valence-electron chi connectivity index (χ3n) is 2.95. The molecule has 0 aromatic heterocycles. The first-order chi connectivity index (χ1) is 7.77. The van der Waals surface area contributed by atoms with Gasteiger partial charge in [0.2, 0.25) is 0 Å². The molecule has 0 saturated heterocycles. The lowest BCUT2D eigenvalue weighted by molar-refractivity contribution is 0.137. The highest BCUT2D eigenvalue weighted by atomic mass is 16.5. The highest BCUT2D eigenvalue weighted by Crippen LogP contribution is 2.11. The summed E-state index contributed by atoms with van der Waals surface area (Å²) in [5, 5.41) is 3.36. The van der Waals surface area contributed by atoms with Gasteiger partial charge < -0.3 is 10.1 Å². The van der Waals surface area contributed by atoms with E-state index in [-0.39, 0.29) is 0 Å². The molecule has 1 atom stereocenters. The van der Waals surface area contributed by atoms with Crippen LogP contribution in [-0.4, -0.2) is 26.3 Å². The molecule has 0 saturated carbocycles. The Morgan fingerprint density at radius 3 is 2.69 bits per heavy atom. The van der Waals surface area contributed by atoms with Crippen molar-refractivity contribution in [2.45, 2.75) is 32.7 Å². The minimum Gasteiger partial charge on any atom is -0.382 e. The molecule has 0 radical (unpaired) electrons. The number of likely N-dealkylation sites (N-methyl/N-ethyl adjacent to an activating group) is 1. The normalized spacial score (nSPS) is 12.7. The van der Waals surface area contributed by atoms with E-state index in [9.17, 15) is 0 Å². The number of hydrogen-bond acceptors (Lipinski definition) is 2. The van der Waals surface area contributed by atoms with Crippen molar-refractivity contribution < 1.29 is 4.74 Å². The minimum atomic E-state index is 0.507. The molecule has 2 heteroatoms. The summed E-state index contributed by atoms with van der Waals surface area (Å²) < 4.78 is 5.39. The second-order valence-corrected chi connectivity index (χ2v) is 4.10. The predicted molar refractivity (Wildman–Crippen MR) is 68.8 cm³/mol. The summed E-state index contributed by atoms with van der Waals surface area (Å²) >= 11 is 0. The van der Waals surface area contributed by atoms with Crippen LogP contribution in [0.4, 0.5) is 0 Å². The lowest BCUT2D eigenvalue weighted by Gasteiger charge is -2.17. The zero-order valence-electron chi connectivity index (χ0n) is 10.6. The summed E-state index contributed by atoms with van der Waals surface area (Å²) in [4.78, 5) is 0. The molecular formula is C14H23NO. The maximum atomic E-state index is 5.39. The Bertz CT molecular complexity index is 299. The standard InChI is InChI=1S/C14H23NO/c1-4-16-10-9-14(15-3)11-13-8-6-5-7-12(13)2/h5-8,14-15H,4,9-11H2,1-3H3. The molecule has 0 bridgehead atoms. The largest absolute Gasteiger partial charge is 0.382 e. The second-order valence-electron chi connectivity index (χ2n) is 4.10. The number of nitrogens with one attached hydrogen (secondary N) is 1. The quantitative estimate of drug-likeness (QED) is 0.714. The lowest BCUT2D eigenvalue weighted by atomic mass is 10.00. The molecule has 0 spiro atoms. The summed E-state index contributed by atoms with van der Waals surface area (Å²) in [7, 11) is 2.02. The minimum absolute atomic E-state index is 0.507. The van der Waals surface area contributed by atoms with E-state index in [4.69, 9.17) is 4.74 Å². The van der Waals surface area contributed by atoms with E-state index in [1.807, 2.05) is 14.0 Å². The first kappa shape index (κ1) is 13.2. The molecule has 90 valence electrons. The molecule has 1 rings (SSSR count). The van der Waals surface area contributed by atoms with E-state index < -0.39 is 0 Å². The molecular weight excluding hydrogens is 198 g/mol. The fraction of sp³-hybridized carbons (Fsp3) is 0.571. The van der Waals surface area contributed by atoms with E-state index in [1.54, 1.807) is 0 Å². The fourth-order valence-corrected chi connectivity index (χ4v) is 1.82. The molecule has 1 unspecified atom stereocenters. The monoisotopic (exact) mass is 221 g/mol. The number of ether oxygens (including phenoxy) is 1. The Morgan fingerprint density at radius 2 is 2.06 bits per heavy atom. The van der Waals surface area contributed by atoms with Crippen LogP contribution in [0.15, 0.2) is 24.3 Å². The van der Waals surface area contributed by atoms with E-state index >= 15 is 0 Å². The van der Waals surface area contributed by atoms with E-state index in [2.05, 4.69) is 36.5 Å². The predicted octanol–water partition coefficient (Wildman–Crippen LogP) is 2.55. The van der Waals surface area contributed by atoms with E-state index in [1.165, 1.54) is 11.1 Å². The molecule has 0 amide bonds. The van der Waals surface area contributed by atoms with E-state index in [0.29, 0.717) is 6.04 Å². The second kappa shape index (κ2) is 7.42. The van der Waals surface area contributed by atoms with Crippen LogP contribution < -0.4 is 5.32 Å². The molecule has 16 heavy (non-hydrogen) atoms. The van der Waals surface area contributed by atoms with Gasteiger partial charge in [0.05, 0.1) is 0 Å². The summed E-state index contributed by atoms with van der Waals surface area (Å²) in [5.74, 6) is 0. The zero-order chi connectivity index (χ0) is 11.8. The van der Waals surface area contributed by atoms with Gasteiger partial charge in [-0.3, -0.25) is 0 Å². The Balaban J connectivity index is 2.46. The summed E-state index contributed by atoms with van der Waals surface area (Å²) in [6.45, 7) is 5.86. The van der Waals surface area contributed by atoms with Crippen molar-refractivity contribution in [1.82, 2.24) is 5.32 Å². The molecule has 0 aliphatic carbocycles. The molecule has 0 heterocycles. The average Bonchev–Trinajstić information content (AvgIpc) is 2.30. The summed E-state index contributed by atoms with van der Waals surface area (Å²) in [6.07, 6.45) is 2.15. The highest BCUT2D eigenvalue weighted by Gasteiger charge is 2.08. The van der Waals surface area contributed by atoms with Crippen molar-refractivity contribution in [3.05, 3.63) is 35.4 Å². The average molecular weight is 221 g/mol. The van der Waals surface area contributed by atoms with E-state index in [0.717, 1.165) is 26.1 Å². The Kier molecular flexibility index (Phi) is 6.12. The van der Waals surface area contributed by atoms with Crippen LogP contribution in [0.3, 0.4) is 0 Å². The Morgan fingerprint density at radius 1 is 1.31 bits per heavy atom. The van der Waals surface area contributed by atoms with Crippen LogP contribution >= 0.6 is 0 Å². The molecule has 0 aliphatic rings. The van der Waals surface area contributed by atoms with Gasteiger partial charge in [-0.05, 0) is 44.9 Å². The first-order valence-corrected chi connectivity index (χ1v) is 6.07. The molecule has 0 aliphatic heterocycles. The van der Waals surface area contributed by atoms with Crippen molar-refractivity contribution in [2.75, 3.05) is 20.3 Å². The molecule has 0 fully saturated rings. The first-order valence-electron chi connectivity index (χ1n) is 6.07. The van der Waals surface area contributed by atoms with Crippen LogP contribution in [0.25, 0.3) is 0 Å². The molecule has 1 N–H and O–H groups in total. The molecule has 1 aromatic carbocycles. The molecule has 2 nitrogen and oxygen atoms in total. The van der Waals surface area contributed by atoms with Crippen molar-refractivity contribution in [2.24, 2.45) is 0 Å². The van der Waals surface area contributed by atoms with Crippen LogP contribution in [0.5, 0.6) is 0 Å². The summed E-state index contributed by atoms with van der Waals surface area (Å²) in [5.41, 5.74) is 2.80. The fourth-order valence-electron chi connectivity index (χ4n) is 1.82. The van der Waals surface area contributed by atoms with Gasteiger partial charge in [0, 0.05) is 19.3 Å². The summed E-state index contributed by atoms with van der Waals surface area (Å²) in [6, 6.07) is 9.09. The Labute approximate surface area is 99.0 Å². The topological polar surface area (TPSA) is 21.3 Å². The van der Waals surface area contributed by atoms with Crippen molar-refractivity contribution in [1.29, 1.82) is 0 Å². The van der Waals surface area contributed by atoms with Crippen molar-refractivity contribution >= 4 is 0 Å². The van der Waals surface area contributed by atoms with Gasteiger partial charge in [-0.1, -0.05) is 24.3 Å². The number of aryl methyl sites for hydroxylation is 1. The third-order valence-corrected chi connectivity index (χ3v) is 2.95. The Hall–Kier alpha value is -0.860. The van der Waals surface area contributed by atoms with Crippen LogP contribution in [-0.2, 0) is 11.2 Å².